The predicted octanol–water partition coefficient (Wildman–Crippen LogP) is 7.97. The minimum atomic E-state index is -0.470. The number of anilines is 2. The molecule has 0 saturated heterocycles. The van der Waals surface area contributed by atoms with Gasteiger partial charge in [0.25, 0.3) is 11.8 Å². The van der Waals surface area contributed by atoms with Crippen LogP contribution in [0.25, 0.3) is 6.08 Å². The minimum absolute atomic E-state index is 0.0866. The van der Waals surface area contributed by atoms with Gasteiger partial charge in [-0.25, -0.2) is 0 Å². The largest absolute Gasteiger partial charge is 0.325 e. The number of rotatable bonds is 10. The zero-order chi connectivity index (χ0) is 29.2. The molecule has 3 N–H and O–H groups in total. The first-order valence-corrected chi connectivity index (χ1v) is 15.5. The van der Waals surface area contributed by atoms with E-state index < -0.39 is 11.8 Å². The van der Waals surface area contributed by atoms with Crippen LogP contribution < -0.4 is 16.0 Å². The van der Waals surface area contributed by atoms with Crippen LogP contribution >= 0.6 is 50.3 Å². The Morgan fingerprint density at radius 1 is 0.854 bits per heavy atom. The maximum atomic E-state index is 13.4. The van der Waals surface area contributed by atoms with Gasteiger partial charge in [0.05, 0.1) is 5.25 Å². The fraction of sp³-hybridized carbons (Fsp3) is 0.0938. The minimum Gasteiger partial charge on any atom is -0.325 e. The van der Waals surface area contributed by atoms with Crippen molar-refractivity contribution < 1.29 is 14.4 Å². The van der Waals surface area contributed by atoms with Crippen molar-refractivity contribution in [3.8, 4) is 0 Å². The van der Waals surface area contributed by atoms with Gasteiger partial charge in [-0.15, -0.1) is 11.8 Å². The highest BCUT2D eigenvalue weighted by molar-refractivity contribution is 14.1. The summed E-state index contributed by atoms with van der Waals surface area (Å²) in [5.41, 5.74) is 2.58. The summed E-state index contributed by atoms with van der Waals surface area (Å²) in [4.78, 5) is 40.1. The van der Waals surface area contributed by atoms with E-state index in [1.54, 1.807) is 36.4 Å². The Morgan fingerprint density at radius 2 is 1.56 bits per heavy atom. The standard InChI is InChI=1S/C32H27BrIN3O3S/c1-2-29(32(40)35-25-17-15-24(34)16-18-25)41-27-10-6-9-26(20-27)36-31(39)28(19-21-11-13-23(33)14-12-21)37-30(38)22-7-4-3-5-8-22/h3-20,29H,2H2,1H3,(H,35,40)(H,36,39)(H,37,38)/b28-19-. The highest BCUT2D eigenvalue weighted by atomic mass is 127. The number of carbonyl (C=O) groups excluding carboxylic acids is 3. The van der Waals surface area contributed by atoms with Crippen LogP contribution in [-0.4, -0.2) is 23.0 Å². The van der Waals surface area contributed by atoms with Gasteiger partial charge in [0, 0.05) is 29.9 Å². The molecule has 0 spiro atoms. The van der Waals surface area contributed by atoms with Gasteiger partial charge < -0.3 is 16.0 Å². The van der Waals surface area contributed by atoms with Gasteiger partial charge >= 0.3 is 0 Å². The second-order valence-corrected chi connectivity index (χ2v) is 12.4. The number of carbonyl (C=O) groups is 3. The molecule has 9 heteroatoms. The molecule has 0 aliphatic carbocycles. The third kappa shape index (κ3) is 9.31. The molecule has 1 atom stereocenters. The van der Waals surface area contributed by atoms with Crippen LogP contribution in [0.2, 0.25) is 0 Å². The predicted molar refractivity (Wildman–Crippen MR) is 179 cm³/mol. The normalized spacial score (nSPS) is 11.8. The monoisotopic (exact) mass is 739 g/mol. The average molecular weight is 740 g/mol. The number of hydrogen-bond donors (Lipinski definition) is 3. The first-order chi connectivity index (χ1) is 19.8. The lowest BCUT2D eigenvalue weighted by Gasteiger charge is -2.16. The second kappa shape index (κ2) is 15.0. The number of hydrogen-bond acceptors (Lipinski definition) is 4. The van der Waals surface area contributed by atoms with Gasteiger partial charge in [0.15, 0.2) is 0 Å². The average Bonchev–Trinajstić information content (AvgIpc) is 2.98. The van der Waals surface area contributed by atoms with Crippen molar-refractivity contribution >= 4 is 85.5 Å². The quantitative estimate of drug-likeness (QED) is 0.0875. The van der Waals surface area contributed by atoms with Crippen molar-refractivity contribution in [3.05, 3.63) is 128 Å². The van der Waals surface area contributed by atoms with E-state index in [1.807, 2.05) is 79.7 Å². The Morgan fingerprint density at radius 3 is 2.24 bits per heavy atom. The van der Waals surface area contributed by atoms with Crippen LogP contribution in [0.15, 0.2) is 118 Å². The third-order valence-electron chi connectivity index (χ3n) is 5.86. The van der Waals surface area contributed by atoms with Crippen molar-refractivity contribution in [2.45, 2.75) is 23.5 Å². The molecule has 0 aliphatic heterocycles. The number of halogens is 2. The summed E-state index contributed by atoms with van der Waals surface area (Å²) in [6, 6.07) is 31.1. The molecule has 0 aliphatic rings. The van der Waals surface area contributed by atoms with Crippen molar-refractivity contribution in [1.29, 1.82) is 0 Å². The smallest absolute Gasteiger partial charge is 0.272 e. The maximum absolute atomic E-state index is 13.4. The van der Waals surface area contributed by atoms with E-state index in [2.05, 4.69) is 54.5 Å². The summed E-state index contributed by atoms with van der Waals surface area (Å²) in [7, 11) is 0. The van der Waals surface area contributed by atoms with Crippen LogP contribution in [0.1, 0.15) is 29.3 Å². The van der Waals surface area contributed by atoms with Crippen LogP contribution in [0, 0.1) is 3.57 Å². The first kappa shape index (κ1) is 30.5. The van der Waals surface area contributed by atoms with E-state index in [1.165, 1.54) is 11.8 Å². The van der Waals surface area contributed by atoms with Crippen LogP contribution in [0.3, 0.4) is 0 Å². The van der Waals surface area contributed by atoms with Crippen molar-refractivity contribution in [2.24, 2.45) is 0 Å². The molecule has 0 radical (unpaired) electrons. The number of benzene rings is 4. The molecule has 0 fully saturated rings. The zero-order valence-electron chi connectivity index (χ0n) is 22.1. The van der Waals surface area contributed by atoms with Gasteiger partial charge in [-0.2, -0.15) is 0 Å². The molecule has 0 bridgehead atoms. The fourth-order valence-corrected chi connectivity index (χ4v) is 5.39. The molecule has 0 saturated carbocycles. The van der Waals surface area contributed by atoms with Crippen LogP contribution in [-0.2, 0) is 9.59 Å². The van der Waals surface area contributed by atoms with Gasteiger partial charge in [-0.3, -0.25) is 14.4 Å². The topological polar surface area (TPSA) is 87.3 Å². The molecule has 6 nitrogen and oxygen atoms in total. The zero-order valence-corrected chi connectivity index (χ0v) is 26.6. The van der Waals surface area contributed by atoms with E-state index in [0.29, 0.717) is 17.7 Å². The number of nitrogens with one attached hydrogen (secondary N) is 3. The fourth-order valence-electron chi connectivity index (χ4n) is 3.76. The number of thioether (sulfide) groups is 1. The Hall–Kier alpha value is -3.41. The van der Waals surface area contributed by atoms with Crippen LogP contribution in [0.5, 0.6) is 0 Å². The van der Waals surface area contributed by atoms with E-state index in [4.69, 9.17) is 0 Å². The summed E-state index contributed by atoms with van der Waals surface area (Å²) >= 11 is 7.07. The van der Waals surface area contributed by atoms with E-state index in [-0.39, 0.29) is 16.9 Å². The SMILES string of the molecule is CCC(Sc1cccc(NC(=O)/C(=C/c2ccc(Br)cc2)NC(=O)c2ccccc2)c1)C(=O)Nc1ccc(I)cc1. The molecule has 4 aromatic carbocycles. The highest BCUT2D eigenvalue weighted by Crippen LogP contribution is 2.29. The summed E-state index contributed by atoms with van der Waals surface area (Å²) in [5.74, 6) is -0.947. The lowest BCUT2D eigenvalue weighted by Crippen LogP contribution is -2.30. The second-order valence-electron chi connectivity index (χ2n) is 8.92. The number of amides is 3. The van der Waals surface area contributed by atoms with Crippen molar-refractivity contribution in [2.75, 3.05) is 10.6 Å². The van der Waals surface area contributed by atoms with E-state index in [9.17, 15) is 14.4 Å². The molecule has 1 unspecified atom stereocenters. The Bertz CT molecular complexity index is 1540. The molecular weight excluding hydrogens is 713 g/mol. The summed E-state index contributed by atoms with van der Waals surface area (Å²) in [5, 5.41) is 8.30. The molecule has 0 aromatic heterocycles. The van der Waals surface area contributed by atoms with Gasteiger partial charge in [-0.05, 0) is 107 Å². The Balaban J connectivity index is 1.49. The van der Waals surface area contributed by atoms with Crippen molar-refractivity contribution in [1.82, 2.24) is 5.32 Å². The molecule has 41 heavy (non-hydrogen) atoms. The van der Waals surface area contributed by atoms with Crippen molar-refractivity contribution in [3.63, 3.8) is 0 Å². The van der Waals surface area contributed by atoms with Gasteiger partial charge in [0.2, 0.25) is 5.91 Å². The van der Waals surface area contributed by atoms with Crippen LogP contribution in [0.4, 0.5) is 11.4 Å². The Kier molecular flexibility index (Phi) is 11.2. The summed E-state index contributed by atoms with van der Waals surface area (Å²) in [6.45, 7) is 1.96. The lowest BCUT2D eigenvalue weighted by atomic mass is 10.1. The molecule has 4 rings (SSSR count). The first-order valence-electron chi connectivity index (χ1n) is 12.8. The third-order valence-corrected chi connectivity index (χ3v) is 8.46. The maximum Gasteiger partial charge on any atom is 0.272 e. The summed E-state index contributed by atoms with van der Waals surface area (Å²) in [6.07, 6.45) is 2.26. The lowest BCUT2D eigenvalue weighted by molar-refractivity contribution is -0.116. The molecule has 4 aromatic rings. The molecular formula is C32H27BrIN3O3S. The molecule has 208 valence electrons. The Labute approximate surface area is 265 Å². The summed E-state index contributed by atoms with van der Waals surface area (Å²) < 4.78 is 2.00. The molecule has 0 heterocycles. The van der Waals surface area contributed by atoms with Gasteiger partial charge in [0.1, 0.15) is 5.70 Å². The van der Waals surface area contributed by atoms with Gasteiger partial charge in [-0.1, -0.05) is 59.3 Å². The van der Waals surface area contributed by atoms with E-state index >= 15 is 0 Å². The molecule has 3 amide bonds. The highest BCUT2D eigenvalue weighted by Gasteiger charge is 2.19. The van der Waals surface area contributed by atoms with E-state index in [0.717, 1.165) is 24.2 Å².